The third kappa shape index (κ3) is 7.63. The molecule has 12 heavy (non-hydrogen) atoms. The van der Waals surface area contributed by atoms with Crippen LogP contribution in [0.5, 0.6) is 0 Å². The lowest BCUT2D eigenvalue weighted by molar-refractivity contribution is 0.131. The van der Waals surface area contributed by atoms with Gasteiger partial charge in [0.15, 0.2) is 0 Å². The largest absolute Gasteiger partial charge is 0.380 e. The van der Waals surface area contributed by atoms with Crippen LogP contribution in [0.1, 0.15) is 34.1 Å². The van der Waals surface area contributed by atoms with Crippen molar-refractivity contribution in [2.45, 2.75) is 34.1 Å². The Bertz CT molecular complexity index is 150. The summed E-state index contributed by atoms with van der Waals surface area (Å²) in [4.78, 5) is 0. The zero-order valence-corrected chi connectivity index (χ0v) is 8.68. The normalized spacial score (nSPS) is 12.4. The maximum Gasteiger partial charge on any atom is 0.0601 e. The molecule has 0 fully saturated rings. The van der Waals surface area contributed by atoms with Crippen LogP contribution in [0.4, 0.5) is 0 Å². The lowest BCUT2D eigenvalue weighted by atomic mass is 10.1. The lowest BCUT2D eigenvalue weighted by Crippen LogP contribution is -2.02. The van der Waals surface area contributed by atoms with Gasteiger partial charge in [-0.05, 0) is 19.8 Å². The molecule has 0 amide bonds. The maximum absolute atomic E-state index is 5.25. The Balaban J connectivity index is 3.49. The first kappa shape index (κ1) is 11.5. The van der Waals surface area contributed by atoms with Crippen molar-refractivity contribution in [3.8, 4) is 11.8 Å². The highest BCUT2D eigenvalue weighted by Gasteiger charge is 1.94. The van der Waals surface area contributed by atoms with E-state index in [1.54, 1.807) is 0 Å². The van der Waals surface area contributed by atoms with E-state index in [9.17, 15) is 0 Å². The third-order valence-corrected chi connectivity index (χ3v) is 1.43. The molecule has 0 aromatic rings. The minimum absolute atomic E-state index is 0.378. The number of hydrogen-bond donors (Lipinski definition) is 0. The van der Waals surface area contributed by atoms with Crippen molar-refractivity contribution in [3.63, 3.8) is 0 Å². The Labute approximate surface area is 76.5 Å². The molecule has 0 rings (SSSR count). The summed E-state index contributed by atoms with van der Waals surface area (Å²) in [6.45, 7) is 10.0. The lowest BCUT2D eigenvalue weighted by Gasteiger charge is -2.02. The predicted molar refractivity (Wildman–Crippen MR) is 52.9 cm³/mol. The van der Waals surface area contributed by atoms with Gasteiger partial charge in [0.25, 0.3) is 0 Å². The molecule has 0 saturated carbocycles. The molecule has 0 aromatic heterocycles. The molecular weight excluding hydrogens is 148 g/mol. The number of hydrogen-bond acceptors (Lipinski definition) is 1. The third-order valence-electron chi connectivity index (χ3n) is 1.43. The average Bonchev–Trinajstić information content (AvgIpc) is 2.00. The molecule has 0 aliphatic rings. The van der Waals surface area contributed by atoms with Crippen LogP contribution >= 0.6 is 0 Å². The van der Waals surface area contributed by atoms with Crippen LogP contribution in [0.2, 0.25) is 0 Å². The van der Waals surface area contributed by atoms with Gasteiger partial charge < -0.3 is 4.74 Å². The van der Waals surface area contributed by atoms with E-state index >= 15 is 0 Å². The number of ether oxygens (including phenoxy) is 1. The molecule has 1 unspecified atom stereocenters. The molecule has 0 aliphatic carbocycles. The van der Waals surface area contributed by atoms with E-state index in [1.165, 1.54) is 0 Å². The standard InChI is InChI=1S/C11H20O/c1-5-12-9-11(4)8-6-7-10(2)3/h10-11H,5,7,9H2,1-4H3. The van der Waals surface area contributed by atoms with Gasteiger partial charge in [-0.15, -0.1) is 5.92 Å². The maximum atomic E-state index is 5.25. The fraction of sp³-hybridized carbons (Fsp3) is 0.818. The molecule has 1 nitrogen and oxygen atoms in total. The topological polar surface area (TPSA) is 9.23 Å². The van der Waals surface area contributed by atoms with Gasteiger partial charge in [-0.2, -0.15) is 0 Å². The van der Waals surface area contributed by atoms with Gasteiger partial charge in [0.1, 0.15) is 0 Å². The molecule has 0 bridgehead atoms. The Morgan fingerprint density at radius 2 is 1.92 bits per heavy atom. The molecule has 0 spiro atoms. The second kappa shape index (κ2) is 7.18. The van der Waals surface area contributed by atoms with Crippen molar-refractivity contribution in [1.29, 1.82) is 0 Å². The second-order valence-electron chi connectivity index (χ2n) is 3.48. The summed E-state index contributed by atoms with van der Waals surface area (Å²) in [6, 6.07) is 0. The van der Waals surface area contributed by atoms with Crippen LogP contribution in [-0.2, 0) is 4.74 Å². The number of rotatable bonds is 4. The van der Waals surface area contributed by atoms with E-state index in [2.05, 4.69) is 32.6 Å². The zero-order chi connectivity index (χ0) is 9.40. The molecule has 0 N–H and O–H groups in total. The first-order valence-corrected chi connectivity index (χ1v) is 4.73. The highest BCUT2D eigenvalue weighted by molar-refractivity contribution is 5.02. The van der Waals surface area contributed by atoms with Crippen LogP contribution in [0, 0.1) is 23.7 Å². The van der Waals surface area contributed by atoms with Crippen molar-refractivity contribution in [2.24, 2.45) is 11.8 Å². The average molecular weight is 168 g/mol. The van der Waals surface area contributed by atoms with E-state index in [0.29, 0.717) is 11.8 Å². The molecular formula is C11H20O. The van der Waals surface area contributed by atoms with Gasteiger partial charge in [0.05, 0.1) is 6.61 Å². The SMILES string of the molecule is CCOCC(C)C#CCC(C)C. The molecule has 0 aromatic carbocycles. The summed E-state index contributed by atoms with van der Waals surface area (Å²) in [5, 5.41) is 0. The molecule has 0 radical (unpaired) electrons. The van der Waals surface area contributed by atoms with Crippen LogP contribution in [0.15, 0.2) is 0 Å². The summed E-state index contributed by atoms with van der Waals surface area (Å²) in [6.07, 6.45) is 0.996. The highest BCUT2D eigenvalue weighted by atomic mass is 16.5. The van der Waals surface area contributed by atoms with Gasteiger partial charge in [-0.1, -0.05) is 19.8 Å². The zero-order valence-electron chi connectivity index (χ0n) is 8.68. The van der Waals surface area contributed by atoms with E-state index in [1.807, 2.05) is 6.92 Å². The van der Waals surface area contributed by atoms with Gasteiger partial charge in [-0.3, -0.25) is 0 Å². The molecule has 1 atom stereocenters. The molecule has 0 aliphatic heterocycles. The van der Waals surface area contributed by atoms with Crippen molar-refractivity contribution >= 4 is 0 Å². The Morgan fingerprint density at radius 1 is 1.25 bits per heavy atom. The molecule has 0 saturated heterocycles. The van der Waals surface area contributed by atoms with Gasteiger partial charge >= 0.3 is 0 Å². The summed E-state index contributed by atoms with van der Waals surface area (Å²) in [7, 11) is 0. The first-order valence-electron chi connectivity index (χ1n) is 4.73. The van der Waals surface area contributed by atoms with Gasteiger partial charge in [0.2, 0.25) is 0 Å². The monoisotopic (exact) mass is 168 g/mol. The van der Waals surface area contributed by atoms with Gasteiger partial charge in [0, 0.05) is 18.9 Å². The molecule has 1 heteroatoms. The van der Waals surface area contributed by atoms with Crippen LogP contribution in [0.3, 0.4) is 0 Å². The van der Waals surface area contributed by atoms with E-state index < -0.39 is 0 Å². The Hall–Kier alpha value is -0.480. The first-order chi connectivity index (χ1) is 5.66. The predicted octanol–water partition coefficient (Wildman–Crippen LogP) is 2.71. The van der Waals surface area contributed by atoms with E-state index in [-0.39, 0.29) is 0 Å². The Kier molecular flexibility index (Phi) is 6.90. The molecule has 70 valence electrons. The minimum atomic E-state index is 0.378. The minimum Gasteiger partial charge on any atom is -0.380 e. The summed E-state index contributed by atoms with van der Waals surface area (Å²) >= 11 is 0. The fourth-order valence-corrected chi connectivity index (χ4v) is 0.774. The fourth-order valence-electron chi connectivity index (χ4n) is 0.774. The van der Waals surface area contributed by atoms with Gasteiger partial charge in [-0.25, -0.2) is 0 Å². The Morgan fingerprint density at radius 3 is 2.42 bits per heavy atom. The summed E-state index contributed by atoms with van der Waals surface area (Å²) < 4.78 is 5.25. The highest BCUT2D eigenvalue weighted by Crippen LogP contribution is 1.98. The smallest absolute Gasteiger partial charge is 0.0601 e. The molecule has 0 heterocycles. The van der Waals surface area contributed by atoms with Crippen molar-refractivity contribution in [3.05, 3.63) is 0 Å². The van der Waals surface area contributed by atoms with Crippen LogP contribution in [-0.4, -0.2) is 13.2 Å². The quantitative estimate of drug-likeness (QED) is 0.586. The van der Waals surface area contributed by atoms with E-state index in [4.69, 9.17) is 4.74 Å². The second-order valence-corrected chi connectivity index (χ2v) is 3.48. The van der Waals surface area contributed by atoms with Crippen molar-refractivity contribution in [2.75, 3.05) is 13.2 Å². The van der Waals surface area contributed by atoms with Crippen molar-refractivity contribution < 1.29 is 4.74 Å². The summed E-state index contributed by atoms with van der Waals surface area (Å²) in [5.41, 5.74) is 0. The summed E-state index contributed by atoms with van der Waals surface area (Å²) in [5.74, 6) is 7.39. The van der Waals surface area contributed by atoms with Crippen molar-refractivity contribution in [1.82, 2.24) is 0 Å². The van der Waals surface area contributed by atoms with E-state index in [0.717, 1.165) is 19.6 Å². The van der Waals surface area contributed by atoms with Crippen LogP contribution < -0.4 is 0 Å². The van der Waals surface area contributed by atoms with Crippen LogP contribution in [0.25, 0.3) is 0 Å².